The molecule has 1 N–H and O–H groups in total. The van der Waals surface area contributed by atoms with Gasteiger partial charge >= 0.3 is 0 Å². The predicted molar refractivity (Wildman–Crippen MR) is 59.6 cm³/mol. The van der Waals surface area contributed by atoms with E-state index in [4.69, 9.17) is 11.6 Å². The Hall–Kier alpha value is -1.36. The number of amides is 1. The number of hydrogen-bond donors (Lipinski definition) is 1. The zero-order valence-electron chi connectivity index (χ0n) is 8.65. The molecule has 0 spiro atoms. The predicted octanol–water partition coefficient (Wildman–Crippen LogP) is 0.613. The van der Waals surface area contributed by atoms with Crippen molar-refractivity contribution in [3.05, 3.63) is 28.2 Å². The van der Waals surface area contributed by atoms with E-state index in [1.165, 1.54) is 12.1 Å². The van der Waals surface area contributed by atoms with E-state index in [9.17, 15) is 9.59 Å². The Morgan fingerprint density at radius 2 is 2.31 bits per heavy atom. The standard InChI is InChI=1S/C10H12ClN3O2/c11-5-6-14(7-1-2-7)10(16)8-3-4-9(15)13-12-8/h3-4,7H,1-2,5-6H2,(H,13,15). The zero-order chi connectivity index (χ0) is 11.5. The molecule has 1 amide bonds. The normalized spacial score (nSPS) is 14.8. The molecule has 6 heteroatoms. The molecule has 0 bridgehead atoms. The van der Waals surface area contributed by atoms with Crippen LogP contribution in [0.3, 0.4) is 0 Å². The van der Waals surface area contributed by atoms with Crippen LogP contribution in [0.25, 0.3) is 0 Å². The maximum atomic E-state index is 12.0. The van der Waals surface area contributed by atoms with E-state index < -0.39 is 0 Å². The molecule has 0 aliphatic heterocycles. The summed E-state index contributed by atoms with van der Waals surface area (Å²) in [6.07, 6.45) is 2.04. The van der Waals surface area contributed by atoms with Crippen molar-refractivity contribution in [2.45, 2.75) is 18.9 Å². The van der Waals surface area contributed by atoms with Crippen LogP contribution in [0.5, 0.6) is 0 Å². The highest BCUT2D eigenvalue weighted by Crippen LogP contribution is 2.27. The van der Waals surface area contributed by atoms with E-state index in [2.05, 4.69) is 10.2 Å². The number of halogens is 1. The minimum atomic E-state index is -0.313. The van der Waals surface area contributed by atoms with Crippen molar-refractivity contribution in [3.63, 3.8) is 0 Å². The van der Waals surface area contributed by atoms with E-state index in [1.54, 1.807) is 4.90 Å². The summed E-state index contributed by atoms with van der Waals surface area (Å²) in [5.41, 5.74) is -0.0523. The van der Waals surface area contributed by atoms with Gasteiger partial charge in [-0.05, 0) is 18.9 Å². The Labute approximate surface area is 97.4 Å². The van der Waals surface area contributed by atoms with E-state index in [1.807, 2.05) is 0 Å². The van der Waals surface area contributed by atoms with Gasteiger partial charge in [-0.15, -0.1) is 11.6 Å². The van der Waals surface area contributed by atoms with Crippen molar-refractivity contribution in [1.82, 2.24) is 15.1 Å². The molecule has 1 heterocycles. The van der Waals surface area contributed by atoms with Gasteiger partial charge in [-0.25, -0.2) is 5.10 Å². The molecular formula is C10H12ClN3O2. The van der Waals surface area contributed by atoms with Gasteiger partial charge in [0.1, 0.15) is 5.69 Å². The SMILES string of the molecule is O=C(c1ccc(=O)[nH]n1)N(CCCl)C1CC1. The maximum absolute atomic E-state index is 12.0. The zero-order valence-corrected chi connectivity index (χ0v) is 9.41. The van der Waals surface area contributed by atoms with Crippen LogP contribution in [0, 0.1) is 0 Å². The number of carbonyl (C=O) groups excluding carboxylic acids is 1. The molecule has 0 saturated heterocycles. The van der Waals surface area contributed by atoms with E-state index in [0.29, 0.717) is 18.5 Å². The first-order chi connectivity index (χ1) is 7.72. The summed E-state index contributed by atoms with van der Waals surface area (Å²) in [6, 6.07) is 3.02. The fourth-order valence-electron chi connectivity index (χ4n) is 1.54. The summed E-state index contributed by atoms with van der Waals surface area (Å²) >= 11 is 5.65. The van der Waals surface area contributed by atoms with Gasteiger partial charge in [-0.1, -0.05) is 0 Å². The van der Waals surface area contributed by atoms with Crippen molar-refractivity contribution in [2.75, 3.05) is 12.4 Å². The van der Waals surface area contributed by atoms with E-state index in [-0.39, 0.29) is 17.2 Å². The maximum Gasteiger partial charge on any atom is 0.274 e. The summed E-state index contributed by atoms with van der Waals surface area (Å²) in [5.74, 6) is 0.241. The Kier molecular flexibility index (Phi) is 3.24. The van der Waals surface area contributed by atoms with E-state index in [0.717, 1.165) is 12.8 Å². The number of H-pyrrole nitrogens is 1. The van der Waals surface area contributed by atoms with E-state index >= 15 is 0 Å². The lowest BCUT2D eigenvalue weighted by molar-refractivity contribution is 0.0746. The fraction of sp³-hybridized carbons (Fsp3) is 0.500. The molecule has 1 aliphatic carbocycles. The molecular weight excluding hydrogens is 230 g/mol. The van der Waals surface area contributed by atoms with Crippen LogP contribution in [0.4, 0.5) is 0 Å². The molecule has 0 atom stereocenters. The van der Waals surface area contributed by atoms with Crippen LogP contribution >= 0.6 is 11.6 Å². The topological polar surface area (TPSA) is 66.1 Å². The van der Waals surface area contributed by atoms with Gasteiger partial charge in [0.25, 0.3) is 11.5 Å². The minimum Gasteiger partial charge on any atom is -0.333 e. The second kappa shape index (κ2) is 4.65. The number of aromatic amines is 1. The van der Waals surface area contributed by atoms with Crippen LogP contribution in [0.15, 0.2) is 16.9 Å². The summed E-state index contributed by atoms with van der Waals surface area (Å²) in [5, 5.41) is 5.97. The lowest BCUT2D eigenvalue weighted by atomic mass is 10.3. The first-order valence-corrected chi connectivity index (χ1v) is 5.68. The molecule has 86 valence electrons. The van der Waals surface area contributed by atoms with Crippen molar-refractivity contribution in [3.8, 4) is 0 Å². The molecule has 0 aromatic carbocycles. The largest absolute Gasteiger partial charge is 0.333 e. The van der Waals surface area contributed by atoms with Crippen LogP contribution in [0.2, 0.25) is 0 Å². The van der Waals surface area contributed by atoms with Crippen molar-refractivity contribution in [1.29, 1.82) is 0 Å². The Balaban J connectivity index is 2.15. The Morgan fingerprint density at radius 1 is 1.56 bits per heavy atom. The highest BCUT2D eigenvalue weighted by Gasteiger charge is 2.33. The third-order valence-electron chi connectivity index (χ3n) is 2.47. The lowest BCUT2D eigenvalue weighted by Crippen LogP contribution is -2.35. The van der Waals surface area contributed by atoms with Crippen LogP contribution in [-0.4, -0.2) is 39.5 Å². The Morgan fingerprint density at radius 3 is 2.81 bits per heavy atom. The molecule has 1 saturated carbocycles. The van der Waals surface area contributed by atoms with Crippen LogP contribution in [0.1, 0.15) is 23.3 Å². The summed E-state index contributed by atoms with van der Waals surface area (Å²) in [7, 11) is 0. The van der Waals surface area contributed by atoms with Crippen molar-refractivity contribution < 1.29 is 4.79 Å². The number of nitrogens with one attached hydrogen (secondary N) is 1. The van der Waals surface area contributed by atoms with Crippen molar-refractivity contribution in [2.24, 2.45) is 0 Å². The second-order valence-electron chi connectivity index (χ2n) is 3.73. The fourth-order valence-corrected chi connectivity index (χ4v) is 1.72. The Bertz CT molecular complexity index is 421. The summed E-state index contributed by atoms with van der Waals surface area (Å²) in [6.45, 7) is 0.520. The van der Waals surface area contributed by atoms with Gasteiger partial charge < -0.3 is 4.90 Å². The summed E-state index contributed by atoms with van der Waals surface area (Å²) in [4.78, 5) is 24.5. The van der Waals surface area contributed by atoms with Crippen LogP contribution < -0.4 is 5.56 Å². The minimum absolute atomic E-state index is 0.167. The molecule has 1 aliphatic rings. The molecule has 2 rings (SSSR count). The lowest BCUT2D eigenvalue weighted by Gasteiger charge is -2.20. The monoisotopic (exact) mass is 241 g/mol. The molecule has 1 aromatic rings. The molecule has 0 unspecified atom stereocenters. The van der Waals surface area contributed by atoms with Gasteiger partial charge in [0, 0.05) is 24.5 Å². The average molecular weight is 242 g/mol. The molecule has 5 nitrogen and oxygen atoms in total. The highest BCUT2D eigenvalue weighted by atomic mass is 35.5. The average Bonchev–Trinajstić information content (AvgIpc) is 3.10. The van der Waals surface area contributed by atoms with Gasteiger partial charge in [-0.3, -0.25) is 9.59 Å². The van der Waals surface area contributed by atoms with Crippen LogP contribution in [-0.2, 0) is 0 Å². The highest BCUT2D eigenvalue weighted by molar-refractivity contribution is 6.18. The number of aromatic nitrogens is 2. The quantitative estimate of drug-likeness (QED) is 0.786. The van der Waals surface area contributed by atoms with Crippen molar-refractivity contribution >= 4 is 17.5 Å². The van der Waals surface area contributed by atoms with Gasteiger partial charge in [-0.2, -0.15) is 5.10 Å². The number of nitrogens with zero attached hydrogens (tertiary/aromatic N) is 2. The molecule has 0 radical (unpaired) electrons. The molecule has 16 heavy (non-hydrogen) atoms. The smallest absolute Gasteiger partial charge is 0.274 e. The number of alkyl halides is 1. The number of hydrogen-bond acceptors (Lipinski definition) is 3. The third-order valence-corrected chi connectivity index (χ3v) is 2.64. The van der Waals surface area contributed by atoms with Gasteiger partial charge in [0.05, 0.1) is 0 Å². The molecule has 1 fully saturated rings. The number of rotatable bonds is 4. The summed E-state index contributed by atoms with van der Waals surface area (Å²) < 4.78 is 0. The first-order valence-electron chi connectivity index (χ1n) is 5.15. The second-order valence-corrected chi connectivity index (χ2v) is 4.10. The number of carbonyl (C=O) groups is 1. The third kappa shape index (κ3) is 2.41. The van der Waals surface area contributed by atoms with Gasteiger partial charge in [0.15, 0.2) is 0 Å². The first kappa shape index (κ1) is 11.1. The molecule has 1 aromatic heterocycles. The van der Waals surface area contributed by atoms with Gasteiger partial charge in [0.2, 0.25) is 0 Å².